The van der Waals surface area contributed by atoms with E-state index in [4.69, 9.17) is 5.14 Å². The summed E-state index contributed by atoms with van der Waals surface area (Å²) in [5.74, 6) is 0. The Balaban J connectivity index is 1.80. The van der Waals surface area contributed by atoms with Crippen molar-refractivity contribution >= 4 is 20.5 Å². The fourth-order valence-electron chi connectivity index (χ4n) is 2.75. The van der Waals surface area contributed by atoms with E-state index in [0.29, 0.717) is 5.56 Å². The number of nitrogens with two attached hydrogens (primary N) is 1. The molecule has 0 fully saturated rings. The summed E-state index contributed by atoms with van der Waals surface area (Å²) in [6.45, 7) is 0. The van der Waals surface area contributed by atoms with Crippen LogP contribution in [0.15, 0.2) is 70.8 Å². The maximum atomic E-state index is 13.3. The molecule has 3 aromatic heterocycles. The van der Waals surface area contributed by atoms with Crippen LogP contribution in [-0.4, -0.2) is 28.2 Å². The standard InChI is InChI=1S/C18H13F3N5O2S2/c19-18(20,21)16-9-15(12-1-4-14(5-2-12)29-8-7-23-11-29)26(25-16)13-3-6-17(24-10-13)30(22,27)28/h1-11H,(H2,22,27,28)/q+1. The highest BCUT2D eigenvalue weighted by Gasteiger charge is 2.35. The molecule has 30 heavy (non-hydrogen) atoms. The van der Waals surface area contributed by atoms with E-state index in [1.807, 2.05) is 17.5 Å². The van der Waals surface area contributed by atoms with Gasteiger partial charge in [-0.15, -0.1) is 0 Å². The van der Waals surface area contributed by atoms with Gasteiger partial charge in [-0.1, -0.05) is 0 Å². The summed E-state index contributed by atoms with van der Waals surface area (Å²) >= 11 is 0. The van der Waals surface area contributed by atoms with Gasteiger partial charge in [-0.2, -0.15) is 18.3 Å². The molecule has 4 rings (SSSR count). The van der Waals surface area contributed by atoms with E-state index in [1.54, 1.807) is 23.8 Å². The van der Waals surface area contributed by atoms with Crippen LogP contribution in [0.2, 0.25) is 0 Å². The molecule has 1 atom stereocenters. The van der Waals surface area contributed by atoms with Crippen LogP contribution in [0.4, 0.5) is 13.2 Å². The average Bonchev–Trinajstić information content (AvgIpc) is 3.37. The van der Waals surface area contributed by atoms with Crippen molar-refractivity contribution in [2.24, 2.45) is 5.14 Å². The average molecular weight is 452 g/mol. The molecule has 0 saturated heterocycles. The van der Waals surface area contributed by atoms with Gasteiger partial charge in [0.15, 0.2) is 21.0 Å². The first kappa shape index (κ1) is 20.2. The zero-order chi connectivity index (χ0) is 21.5. The zero-order valence-corrected chi connectivity index (χ0v) is 16.6. The Morgan fingerprint density at radius 3 is 2.33 bits per heavy atom. The second-order valence-electron chi connectivity index (χ2n) is 6.16. The number of thiazole rings is 1. The van der Waals surface area contributed by atoms with Crippen LogP contribution in [0.1, 0.15) is 5.69 Å². The minimum atomic E-state index is -4.65. The molecule has 1 unspecified atom stereocenters. The fourth-order valence-corrected chi connectivity index (χ4v) is 4.41. The van der Waals surface area contributed by atoms with Crippen molar-refractivity contribution in [2.75, 3.05) is 0 Å². The molecule has 0 bridgehead atoms. The quantitative estimate of drug-likeness (QED) is 0.475. The number of alkyl halides is 3. The van der Waals surface area contributed by atoms with Crippen LogP contribution in [0.25, 0.3) is 21.8 Å². The van der Waals surface area contributed by atoms with Crippen molar-refractivity contribution in [2.45, 2.75) is 11.2 Å². The molecule has 4 aromatic rings. The van der Waals surface area contributed by atoms with Gasteiger partial charge in [-0.05, 0) is 42.5 Å². The van der Waals surface area contributed by atoms with E-state index in [-0.39, 0.29) is 21.9 Å². The predicted molar refractivity (Wildman–Crippen MR) is 105 cm³/mol. The predicted octanol–water partition coefficient (Wildman–Crippen LogP) is 3.73. The van der Waals surface area contributed by atoms with E-state index < -0.39 is 26.9 Å². The Morgan fingerprint density at radius 2 is 1.80 bits per heavy atom. The SMILES string of the molecule is NS(=O)(=O)c1ccc(-n2nc(C(F)(F)F)cc2-c2ccc(-[s+]3ccnc3)cc2)cn1. The molecule has 0 aliphatic heterocycles. The minimum Gasteiger partial charge on any atom is -0.241 e. The second-order valence-corrected chi connectivity index (χ2v) is 9.37. The van der Waals surface area contributed by atoms with Crippen LogP contribution in [0.5, 0.6) is 0 Å². The lowest BCUT2D eigenvalue weighted by Crippen LogP contribution is -2.14. The summed E-state index contributed by atoms with van der Waals surface area (Å²) in [7, 11) is -4.30. The van der Waals surface area contributed by atoms with Crippen LogP contribution >= 0.6 is 10.5 Å². The third-order valence-corrected chi connectivity index (χ3v) is 6.55. The van der Waals surface area contributed by atoms with Crippen LogP contribution in [0, 0.1) is 0 Å². The van der Waals surface area contributed by atoms with Crippen molar-refractivity contribution in [1.29, 1.82) is 0 Å². The third kappa shape index (κ3) is 3.97. The molecule has 0 aliphatic rings. The Hall–Kier alpha value is -3.09. The summed E-state index contributed by atoms with van der Waals surface area (Å²) in [6.07, 6.45) is -1.85. The topological polar surface area (TPSA) is 104 Å². The molecule has 0 spiro atoms. The van der Waals surface area contributed by atoms with E-state index >= 15 is 0 Å². The highest BCUT2D eigenvalue weighted by atomic mass is 32.2. The number of nitrogens with zero attached hydrogens (tertiary/aromatic N) is 4. The number of hydrogen-bond donors (Lipinski definition) is 1. The van der Waals surface area contributed by atoms with Gasteiger partial charge in [0, 0.05) is 16.0 Å². The van der Waals surface area contributed by atoms with E-state index in [0.717, 1.165) is 27.9 Å². The summed E-state index contributed by atoms with van der Waals surface area (Å²) in [4.78, 5) is 8.73. The van der Waals surface area contributed by atoms with E-state index in [1.165, 1.54) is 6.07 Å². The summed E-state index contributed by atoms with van der Waals surface area (Å²) in [6, 6.07) is 10.4. The zero-order valence-electron chi connectivity index (χ0n) is 15.0. The lowest BCUT2D eigenvalue weighted by atomic mass is 10.1. The third-order valence-electron chi connectivity index (χ3n) is 4.15. The number of halogens is 3. The summed E-state index contributed by atoms with van der Waals surface area (Å²) in [5, 5.41) is 10.2. The van der Waals surface area contributed by atoms with E-state index in [2.05, 4.69) is 15.1 Å². The maximum absolute atomic E-state index is 13.3. The molecular formula is C18H13F3N5O2S2+. The number of aromatic nitrogens is 4. The molecule has 0 aliphatic carbocycles. The molecule has 3 heterocycles. The Labute approximate surface area is 171 Å². The molecule has 2 N–H and O–H groups in total. The maximum Gasteiger partial charge on any atom is 0.435 e. The van der Waals surface area contributed by atoms with Gasteiger partial charge >= 0.3 is 6.18 Å². The molecule has 154 valence electrons. The van der Waals surface area contributed by atoms with Gasteiger partial charge < -0.3 is 0 Å². The first-order valence-electron chi connectivity index (χ1n) is 8.32. The lowest BCUT2D eigenvalue weighted by molar-refractivity contribution is -0.141. The van der Waals surface area contributed by atoms with Gasteiger partial charge in [0.25, 0.3) is 10.0 Å². The number of rotatable bonds is 4. The number of hydrogen-bond acceptors (Lipinski definition) is 5. The van der Waals surface area contributed by atoms with Crippen molar-refractivity contribution in [1.82, 2.24) is 19.7 Å². The second kappa shape index (κ2) is 7.31. The number of sulfonamides is 1. The van der Waals surface area contributed by atoms with Crippen molar-refractivity contribution in [3.8, 4) is 21.8 Å². The first-order valence-corrected chi connectivity index (χ1v) is 11.2. The number of primary sulfonamides is 1. The van der Waals surface area contributed by atoms with Gasteiger partial charge in [0.2, 0.25) is 5.51 Å². The van der Waals surface area contributed by atoms with Crippen LogP contribution in [-0.2, 0) is 16.2 Å². The monoisotopic (exact) mass is 452 g/mol. The largest absolute Gasteiger partial charge is 0.435 e. The highest BCUT2D eigenvalue weighted by molar-refractivity contribution is 7.89. The van der Waals surface area contributed by atoms with Gasteiger partial charge in [-0.25, -0.2) is 28.2 Å². The van der Waals surface area contributed by atoms with Gasteiger partial charge in [0.1, 0.15) is 0 Å². The van der Waals surface area contributed by atoms with Gasteiger partial charge in [0.05, 0.1) is 23.8 Å². The van der Waals surface area contributed by atoms with Gasteiger partial charge in [-0.3, -0.25) is 0 Å². The van der Waals surface area contributed by atoms with Crippen LogP contribution < -0.4 is 5.14 Å². The van der Waals surface area contributed by atoms with Crippen molar-refractivity contribution in [3.63, 3.8) is 0 Å². The van der Waals surface area contributed by atoms with Crippen molar-refractivity contribution in [3.05, 3.63) is 71.4 Å². The smallest absolute Gasteiger partial charge is 0.241 e. The van der Waals surface area contributed by atoms with Crippen molar-refractivity contribution < 1.29 is 21.6 Å². The number of pyridine rings is 1. The molecule has 1 aromatic carbocycles. The fraction of sp³-hybridized carbons (Fsp3) is 0.0556. The molecule has 0 amide bonds. The minimum absolute atomic E-state index is 0.157. The number of benzene rings is 1. The molecule has 12 heteroatoms. The molecule has 0 saturated carbocycles. The highest BCUT2D eigenvalue weighted by Crippen LogP contribution is 2.35. The Kier molecular flexibility index (Phi) is 4.92. The van der Waals surface area contributed by atoms with E-state index in [9.17, 15) is 21.6 Å². The molecule has 7 nitrogen and oxygen atoms in total. The summed E-state index contributed by atoms with van der Waals surface area (Å²) in [5.41, 5.74) is 1.55. The Morgan fingerprint density at radius 1 is 1.07 bits per heavy atom. The molecule has 0 radical (unpaired) electrons. The molecular weight excluding hydrogens is 439 g/mol. The Bertz CT molecular complexity index is 1280. The summed E-state index contributed by atoms with van der Waals surface area (Å²) < 4.78 is 63.7. The normalized spacial score (nSPS) is 12.9. The van der Waals surface area contributed by atoms with Crippen LogP contribution in [0.3, 0.4) is 0 Å². The first-order chi connectivity index (χ1) is 14.1. The lowest BCUT2D eigenvalue weighted by Gasteiger charge is -2.08.